The highest BCUT2D eigenvalue weighted by molar-refractivity contribution is 6.30. The van der Waals surface area contributed by atoms with Crippen molar-refractivity contribution in [3.05, 3.63) is 29.3 Å². The Morgan fingerprint density at radius 3 is 2.94 bits per heavy atom. The Balaban J connectivity index is 2.35. The third kappa shape index (κ3) is 2.25. The van der Waals surface area contributed by atoms with Crippen molar-refractivity contribution in [1.29, 1.82) is 0 Å². The molecule has 0 saturated heterocycles. The summed E-state index contributed by atoms with van der Waals surface area (Å²) in [5, 5.41) is 2.82. The third-order valence-corrected chi connectivity index (χ3v) is 2.92. The van der Waals surface area contributed by atoms with E-state index in [9.17, 15) is 9.59 Å². The monoisotopic (exact) mass is 237 g/mol. The number of aryl methyl sites for hydroxylation is 1. The van der Waals surface area contributed by atoms with Crippen LogP contribution in [-0.4, -0.2) is 17.6 Å². The van der Waals surface area contributed by atoms with Gasteiger partial charge in [0.05, 0.1) is 5.88 Å². The third-order valence-electron chi connectivity index (χ3n) is 2.67. The van der Waals surface area contributed by atoms with Crippen molar-refractivity contribution in [2.75, 3.05) is 11.2 Å². The maximum absolute atomic E-state index is 11.4. The number of anilines is 1. The molecule has 16 heavy (non-hydrogen) atoms. The lowest BCUT2D eigenvalue weighted by molar-refractivity contribution is -0.116. The van der Waals surface area contributed by atoms with Crippen LogP contribution >= 0.6 is 11.6 Å². The van der Waals surface area contributed by atoms with Crippen LogP contribution in [0.3, 0.4) is 0 Å². The highest BCUT2D eigenvalue weighted by atomic mass is 35.5. The lowest BCUT2D eigenvalue weighted by atomic mass is 10.0. The average Bonchev–Trinajstić information content (AvgIpc) is 2.47. The van der Waals surface area contributed by atoms with Crippen molar-refractivity contribution in [2.45, 2.75) is 19.3 Å². The van der Waals surface area contributed by atoms with Crippen molar-refractivity contribution in [3.63, 3.8) is 0 Å². The molecule has 3 nitrogen and oxygen atoms in total. The second-order valence-electron chi connectivity index (χ2n) is 3.83. The zero-order valence-corrected chi connectivity index (χ0v) is 9.51. The number of Topliss-reactive ketones (excluding diaryl/α,β-unsaturated/α-hetero) is 1. The van der Waals surface area contributed by atoms with Crippen LogP contribution in [0.4, 0.5) is 5.69 Å². The molecule has 0 radical (unpaired) electrons. The molecule has 1 aliphatic heterocycles. The molecular weight excluding hydrogens is 226 g/mol. The normalized spacial score (nSPS) is 14.9. The first-order valence-electron chi connectivity index (χ1n) is 5.22. The Morgan fingerprint density at radius 1 is 1.38 bits per heavy atom. The molecule has 0 unspecified atom stereocenters. The molecule has 1 aliphatic rings. The van der Waals surface area contributed by atoms with Gasteiger partial charge in [-0.2, -0.15) is 0 Å². The van der Waals surface area contributed by atoms with Crippen LogP contribution in [0, 0.1) is 0 Å². The minimum absolute atomic E-state index is 0.00878. The first-order valence-corrected chi connectivity index (χ1v) is 5.76. The second kappa shape index (κ2) is 4.66. The topological polar surface area (TPSA) is 46.2 Å². The van der Waals surface area contributed by atoms with Crippen molar-refractivity contribution < 1.29 is 9.59 Å². The summed E-state index contributed by atoms with van der Waals surface area (Å²) < 4.78 is 0. The fraction of sp³-hybridized carbons (Fsp3) is 0.333. The molecule has 0 saturated carbocycles. The SMILES string of the molecule is O=C1CCCc2cc(C(=O)CCl)ccc2N1. The molecule has 1 aromatic rings. The van der Waals surface area contributed by atoms with Gasteiger partial charge in [0.25, 0.3) is 0 Å². The molecule has 1 heterocycles. The molecule has 0 aliphatic carbocycles. The summed E-state index contributed by atoms with van der Waals surface area (Å²) in [5.74, 6) is -0.0549. The first-order chi connectivity index (χ1) is 7.70. The Kier molecular flexibility index (Phi) is 3.25. The van der Waals surface area contributed by atoms with E-state index in [1.807, 2.05) is 6.07 Å². The van der Waals surface area contributed by atoms with Gasteiger partial charge in [0.1, 0.15) is 0 Å². The smallest absolute Gasteiger partial charge is 0.224 e. The number of halogens is 1. The number of fused-ring (bicyclic) bond motifs is 1. The van der Waals surface area contributed by atoms with E-state index in [4.69, 9.17) is 11.6 Å². The van der Waals surface area contributed by atoms with E-state index in [2.05, 4.69) is 5.32 Å². The number of alkyl halides is 1. The summed E-state index contributed by atoms with van der Waals surface area (Å²) in [6, 6.07) is 5.30. The molecule has 0 spiro atoms. The number of ketones is 1. The number of rotatable bonds is 2. The number of amides is 1. The predicted octanol–water partition coefficient (Wildman–Crippen LogP) is 2.38. The van der Waals surface area contributed by atoms with Crippen molar-refractivity contribution in [2.24, 2.45) is 0 Å². The van der Waals surface area contributed by atoms with E-state index in [0.717, 1.165) is 24.1 Å². The van der Waals surface area contributed by atoms with Gasteiger partial charge in [-0.15, -0.1) is 11.6 Å². The van der Waals surface area contributed by atoms with E-state index in [0.29, 0.717) is 12.0 Å². The van der Waals surface area contributed by atoms with Gasteiger partial charge in [0.15, 0.2) is 5.78 Å². The summed E-state index contributed by atoms with van der Waals surface area (Å²) in [6.07, 6.45) is 2.17. The molecule has 0 aromatic heterocycles. The fourth-order valence-electron chi connectivity index (χ4n) is 1.83. The van der Waals surface area contributed by atoms with E-state index in [-0.39, 0.29) is 17.6 Å². The number of hydrogen-bond acceptors (Lipinski definition) is 2. The van der Waals surface area contributed by atoms with Crippen molar-refractivity contribution in [1.82, 2.24) is 0 Å². The van der Waals surface area contributed by atoms with Crippen molar-refractivity contribution in [3.8, 4) is 0 Å². The van der Waals surface area contributed by atoms with Crippen LogP contribution in [0.1, 0.15) is 28.8 Å². The predicted molar refractivity (Wildman–Crippen MR) is 63.1 cm³/mol. The van der Waals surface area contributed by atoms with Crippen LogP contribution in [-0.2, 0) is 11.2 Å². The standard InChI is InChI=1S/C12H12ClNO2/c13-7-11(15)9-4-5-10-8(6-9)2-1-3-12(16)14-10/h4-6H,1-3,7H2,(H,14,16). The van der Waals surface area contributed by atoms with Gasteiger partial charge in [-0.1, -0.05) is 0 Å². The van der Waals surface area contributed by atoms with Crippen LogP contribution in [0.15, 0.2) is 18.2 Å². The number of nitrogens with one attached hydrogen (secondary N) is 1. The largest absolute Gasteiger partial charge is 0.326 e. The van der Waals surface area contributed by atoms with E-state index >= 15 is 0 Å². The van der Waals surface area contributed by atoms with E-state index in [1.165, 1.54) is 0 Å². The first kappa shape index (κ1) is 11.1. The summed E-state index contributed by atoms with van der Waals surface area (Å²) in [5.41, 5.74) is 2.44. The molecule has 0 atom stereocenters. The maximum atomic E-state index is 11.4. The van der Waals surface area contributed by atoms with Gasteiger partial charge in [-0.3, -0.25) is 9.59 Å². The van der Waals surface area contributed by atoms with Gasteiger partial charge >= 0.3 is 0 Å². The lowest BCUT2D eigenvalue weighted by Crippen LogP contribution is -2.09. The summed E-state index contributed by atoms with van der Waals surface area (Å²) in [7, 11) is 0. The summed E-state index contributed by atoms with van der Waals surface area (Å²) in [4.78, 5) is 22.8. The summed E-state index contributed by atoms with van der Waals surface area (Å²) in [6.45, 7) is 0. The van der Waals surface area contributed by atoms with Gasteiger partial charge in [0, 0.05) is 17.7 Å². The molecule has 84 valence electrons. The molecule has 2 rings (SSSR count). The van der Waals surface area contributed by atoms with E-state index < -0.39 is 0 Å². The molecule has 0 bridgehead atoms. The second-order valence-corrected chi connectivity index (χ2v) is 4.10. The Bertz CT molecular complexity index is 443. The maximum Gasteiger partial charge on any atom is 0.224 e. The Labute approximate surface area is 98.8 Å². The molecule has 0 fully saturated rings. The van der Waals surface area contributed by atoms with Gasteiger partial charge < -0.3 is 5.32 Å². The zero-order valence-electron chi connectivity index (χ0n) is 8.75. The quantitative estimate of drug-likeness (QED) is 0.634. The van der Waals surface area contributed by atoms with E-state index in [1.54, 1.807) is 12.1 Å². The molecule has 1 amide bonds. The van der Waals surface area contributed by atoms with Crippen LogP contribution < -0.4 is 5.32 Å². The summed E-state index contributed by atoms with van der Waals surface area (Å²) >= 11 is 5.51. The highest BCUT2D eigenvalue weighted by Crippen LogP contribution is 2.23. The lowest BCUT2D eigenvalue weighted by Gasteiger charge is -2.07. The minimum atomic E-state index is -0.0833. The van der Waals surface area contributed by atoms with Gasteiger partial charge in [-0.25, -0.2) is 0 Å². The Hall–Kier alpha value is -1.35. The van der Waals surface area contributed by atoms with Crippen LogP contribution in [0.2, 0.25) is 0 Å². The van der Waals surface area contributed by atoms with Crippen molar-refractivity contribution >= 4 is 29.0 Å². The fourth-order valence-corrected chi connectivity index (χ4v) is 1.98. The average molecular weight is 238 g/mol. The number of benzene rings is 1. The molecule has 1 aromatic carbocycles. The van der Waals surface area contributed by atoms with Gasteiger partial charge in [-0.05, 0) is 36.6 Å². The molecule has 1 N–H and O–H groups in total. The minimum Gasteiger partial charge on any atom is -0.326 e. The highest BCUT2D eigenvalue weighted by Gasteiger charge is 2.14. The molecular formula is C12H12ClNO2. The van der Waals surface area contributed by atoms with Crippen LogP contribution in [0.25, 0.3) is 0 Å². The van der Waals surface area contributed by atoms with Crippen LogP contribution in [0.5, 0.6) is 0 Å². The number of carbonyl (C=O) groups excluding carboxylic acids is 2. The van der Waals surface area contributed by atoms with Gasteiger partial charge in [0.2, 0.25) is 5.91 Å². The number of carbonyl (C=O) groups is 2. The zero-order chi connectivity index (χ0) is 11.5. The Morgan fingerprint density at radius 2 is 2.19 bits per heavy atom. The number of hydrogen-bond donors (Lipinski definition) is 1. The molecule has 4 heteroatoms.